The minimum Gasteiger partial charge on any atom is -0.385 e. The minimum absolute atomic E-state index is 0.397. The first-order valence-corrected chi connectivity index (χ1v) is 6.86. The Kier molecular flexibility index (Phi) is 4.28. The van der Waals surface area contributed by atoms with E-state index in [1.54, 1.807) is 13.3 Å². The molecule has 0 spiro atoms. The zero-order valence-corrected chi connectivity index (χ0v) is 12.1. The van der Waals surface area contributed by atoms with Crippen LogP contribution in [0.15, 0.2) is 16.7 Å². The second kappa shape index (κ2) is 5.55. The second-order valence-electron chi connectivity index (χ2n) is 4.58. The summed E-state index contributed by atoms with van der Waals surface area (Å²) < 4.78 is 6.03. The molecule has 1 N–H and O–H groups in total. The van der Waals surface area contributed by atoms with Crippen LogP contribution in [0.3, 0.4) is 0 Å². The molecule has 0 radical (unpaired) electrons. The number of aromatic nitrogens is 1. The highest BCUT2D eigenvalue weighted by molar-refractivity contribution is 9.10. The van der Waals surface area contributed by atoms with Crippen molar-refractivity contribution in [2.75, 3.05) is 25.6 Å². The molecule has 0 aliphatic heterocycles. The molecule has 0 bridgehead atoms. The predicted octanol–water partition coefficient (Wildman–Crippen LogP) is 3.73. The molecule has 2 rings (SSSR count). The van der Waals surface area contributed by atoms with E-state index in [0.717, 1.165) is 29.9 Å². The summed E-state index contributed by atoms with van der Waals surface area (Å²) in [5.74, 6) is 0.763. The average Bonchev–Trinajstić information content (AvgIpc) is 3.06. The Bertz CT molecular complexity index is 396. The molecule has 1 aliphatic rings. The number of halogens is 2. The fraction of sp³-hybridized carbons (Fsp3) is 0.583. The quantitative estimate of drug-likeness (QED) is 0.867. The van der Waals surface area contributed by atoms with Gasteiger partial charge in [-0.15, -0.1) is 0 Å². The van der Waals surface area contributed by atoms with Crippen molar-refractivity contribution in [3.05, 3.63) is 21.8 Å². The number of anilines is 1. The number of pyridine rings is 1. The lowest BCUT2D eigenvalue weighted by Crippen LogP contribution is -2.18. The van der Waals surface area contributed by atoms with Gasteiger partial charge in [0.2, 0.25) is 0 Å². The second-order valence-corrected chi connectivity index (χ2v) is 5.90. The van der Waals surface area contributed by atoms with Gasteiger partial charge in [0, 0.05) is 30.9 Å². The third-order valence-corrected chi connectivity index (χ3v) is 3.95. The van der Waals surface area contributed by atoms with Crippen LogP contribution >= 0.6 is 27.5 Å². The van der Waals surface area contributed by atoms with Crippen LogP contribution in [-0.2, 0) is 4.74 Å². The highest BCUT2D eigenvalue weighted by Gasteiger charge is 2.41. The molecule has 1 aromatic rings. The average molecular weight is 320 g/mol. The Balaban J connectivity index is 1.89. The van der Waals surface area contributed by atoms with Gasteiger partial charge in [-0.3, -0.25) is 0 Å². The van der Waals surface area contributed by atoms with Crippen molar-refractivity contribution in [2.24, 2.45) is 5.41 Å². The molecule has 0 amide bonds. The van der Waals surface area contributed by atoms with E-state index in [1.165, 1.54) is 12.8 Å². The molecule has 1 fully saturated rings. The molecule has 1 saturated carbocycles. The molecule has 94 valence electrons. The van der Waals surface area contributed by atoms with Crippen molar-refractivity contribution in [1.29, 1.82) is 0 Å². The summed E-state index contributed by atoms with van der Waals surface area (Å²) in [5, 5.41) is 3.99. The van der Waals surface area contributed by atoms with Gasteiger partial charge in [0.1, 0.15) is 5.82 Å². The number of rotatable bonds is 6. The van der Waals surface area contributed by atoms with E-state index in [4.69, 9.17) is 16.3 Å². The van der Waals surface area contributed by atoms with E-state index in [1.807, 2.05) is 6.07 Å². The molecule has 0 aromatic carbocycles. The van der Waals surface area contributed by atoms with Crippen LogP contribution in [0.2, 0.25) is 5.02 Å². The van der Waals surface area contributed by atoms with Crippen LogP contribution in [0.1, 0.15) is 19.3 Å². The fourth-order valence-corrected chi connectivity index (χ4v) is 2.52. The first-order chi connectivity index (χ1) is 8.15. The fourth-order valence-electron chi connectivity index (χ4n) is 1.83. The SMILES string of the molecule is COCCC1(CNc2ncc(Br)cc2Cl)CC1. The van der Waals surface area contributed by atoms with Gasteiger partial charge in [-0.1, -0.05) is 11.6 Å². The first-order valence-electron chi connectivity index (χ1n) is 5.69. The van der Waals surface area contributed by atoms with E-state index in [9.17, 15) is 0 Å². The zero-order valence-electron chi connectivity index (χ0n) is 9.80. The van der Waals surface area contributed by atoms with Crippen molar-refractivity contribution in [2.45, 2.75) is 19.3 Å². The van der Waals surface area contributed by atoms with Gasteiger partial charge in [0.15, 0.2) is 0 Å². The van der Waals surface area contributed by atoms with E-state index >= 15 is 0 Å². The summed E-state index contributed by atoms with van der Waals surface area (Å²) in [6, 6.07) is 1.85. The van der Waals surface area contributed by atoms with Crippen LogP contribution < -0.4 is 5.32 Å². The number of methoxy groups -OCH3 is 1. The Morgan fingerprint density at radius 1 is 1.59 bits per heavy atom. The van der Waals surface area contributed by atoms with E-state index < -0.39 is 0 Å². The molecule has 0 unspecified atom stereocenters. The molecule has 0 saturated heterocycles. The highest BCUT2D eigenvalue weighted by atomic mass is 79.9. The van der Waals surface area contributed by atoms with Gasteiger partial charge in [-0.25, -0.2) is 4.98 Å². The lowest BCUT2D eigenvalue weighted by atomic mass is 10.0. The molecule has 1 aromatic heterocycles. The third kappa shape index (κ3) is 3.57. The summed E-state index contributed by atoms with van der Waals surface area (Å²) in [6.07, 6.45) is 5.38. The van der Waals surface area contributed by atoms with Crippen LogP contribution in [0.5, 0.6) is 0 Å². The smallest absolute Gasteiger partial charge is 0.144 e. The minimum atomic E-state index is 0.397. The molecular weight excluding hydrogens is 304 g/mol. The molecular formula is C12H16BrClN2O. The van der Waals surface area contributed by atoms with Crippen LogP contribution in [0.4, 0.5) is 5.82 Å². The maximum atomic E-state index is 6.10. The summed E-state index contributed by atoms with van der Waals surface area (Å²) in [5.41, 5.74) is 0.397. The van der Waals surface area contributed by atoms with Gasteiger partial charge in [0.25, 0.3) is 0 Å². The van der Waals surface area contributed by atoms with Gasteiger partial charge < -0.3 is 10.1 Å². The van der Waals surface area contributed by atoms with Gasteiger partial charge in [-0.05, 0) is 46.7 Å². The Morgan fingerprint density at radius 3 is 2.94 bits per heavy atom. The normalized spacial score (nSPS) is 16.9. The zero-order chi connectivity index (χ0) is 12.3. The van der Waals surface area contributed by atoms with Crippen LogP contribution in [0.25, 0.3) is 0 Å². The Morgan fingerprint density at radius 2 is 2.35 bits per heavy atom. The Labute approximate surface area is 115 Å². The van der Waals surface area contributed by atoms with E-state index in [-0.39, 0.29) is 0 Å². The molecule has 17 heavy (non-hydrogen) atoms. The van der Waals surface area contributed by atoms with Gasteiger partial charge in [0.05, 0.1) is 5.02 Å². The van der Waals surface area contributed by atoms with Crippen LogP contribution in [0, 0.1) is 5.41 Å². The maximum absolute atomic E-state index is 6.10. The monoisotopic (exact) mass is 318 g/mol. The van der Waals surface area contributed by atoms with E-state index in [2.05, 4.69) is 26.2 Å². The van der Waals surface area contributed by atoms with Gasteiger partial charge in [-0.2, -0.15) is 0 Å². The van der Waals surface area contributed by atoms with E-state index in [0.29, 0.717) is 10.4 Å². The van der Waals surface area contributed by atoms with Crippen molar-refractivity contribution in [3.8, 4) is 0 Å². The van der Waals surface area contributed by atoms with Crippen LogP contribution in [-0.4, -0.2) is 25.2 Å². The summed E-state index contributed by atoms with van der Waals surface area (Å²) in [6.45, 7) is 1.74. The lowest BCUT2D eigenvalue weighted by Gasteiger charge is -2.16. The maximum Gasteiger partial charge on any atom is 0.144 e. The largest absolute Gasteiger partial charge is 0.385 e. The standard InChI is InChI=1S/C12H16BrClN2O/c1-17-5-4-12(2-3-12)8-16-11-10(14)6-9(13)7-15-11/h6-7H,2-5,8H2,1H3,(H,15,16). The topological polar surface area (TPSA) is 34.1 Å². The van der Waals surface area contributed by atoms with Crippen molar-refractivity contribution < 1.29 is 4.74 Å². The lowest BCUT2D eigenvalue weighted by molar-refractivity contribution is 0.175. The first kappa shape index (κ1) is 13.1. The molecule has 5 heteroatoms. The molecule has 3 nitrogen and oxygen atoms in total. The molecule has 1 heterocycles. The van der Waals surface area contributed by atoms with Crippen molar-refractivity contribution in [3.63, 3.8) is 0 Å². The summed E-state index contributed by atoms with van der Waals surface area (Å²) in [7, 11) is 1.75. The number of hydrogen-bond acceptors (Lipinski definition) is 3. The number of nitrogens with zero attached hydrogens (tertiary/aromatic N) is 1. The summed E-state index contributed by atoms with van der Waals surface area (Å²) >= 11 is 9.45. The summed E-state index contributed by atoms with van der Waals surface area (Å²) in [4.78, 5) is 4.27. The predicted molar refractivity (Wildman–Crippen MR) is 73.6 cm³/mol. The molecule has 1 aliphatic carbocycles. The van der Waals surface area contributed by atoms with Crippen molar-refractivity contribution >= 4 is 33.3 Å². The highest BCUT2D eigenvalue weighted by Crippen LogP contribution is 2.48. The van der Waals surface area contributed by atoms with Gasteiger partial charge >= 0.3 is 0 Å². The Hall–Kier alpha value is -0.320. The molecule has 0 atom stereocenters. The van der Waals surface area contributed by atoms with Crippen molar-refractivity contribution in [1.82, 2.24) is 4.98 Å². The number of ether oxygens (including phenoxy) is 1. The number of hydrogen-bond donors (Lipinski definition) is 1. The number of nitrogens with one attached hydrogen (secondary N) is 1. The third-order valence-electron chi connectivity index (χ3n) is 3.23.